The van der Waals surface area contributed by atoms with E-state index in [-0.39, 0.29) is 0 Å². The second-order valence-corrected chi connectivity index (χ2v) is 6.60. The highest BCUT2D eigenvalue weighted by Gasteiger charge is 2.41. The normalized spacial score (nSPS) is 41.4. The van der Waals surface area contributed by atoms with Gasteiger partial charge in [0.25, 0.3) is 0 Å². The molecule has 3 rings (SSSR count). The van der Waals surface area contributed by atoms with E-state index in [1.54, 1.807) is 0 Å². The van der Waals surface area contributed by atoms with Crippen molar-refractivity contribution in [2.45, 2.75) is 38.6 Å². The second kappa shape index (κ2) is 5.23. The maximum Gasteiger partial charge on any atom is 0.0203 e. The van der Waals surface area contributed by atoms with Crippen LogP contribution in [0, 0.1) is 29.6 Å². The fraction of sp³-hybridized carbons (Fsp3) is 0.875. The summed E-state index contributed by atoms with van der Waals surface area (Å²) in [6.07, 6.45) is 5.43. The highest BCUT2D eigenvalue weighted by Crippen LogP contribution is 2.35. The topological polar surface area (TPSA) is 6.48 Å². The van der Waals surface area contributed by atoms with E-state index in [9.17, 15) is 0 Å². The molecular weight excluding hydrogens is 220 g/mol. The Kier molecular flexibility index (Phi) is 3.63. The van der Waals surface area contributed by atoms with Crippen LogP contribution >= 0.6 is 0 Å². The fourth-order valence-electron chi connectivity index (χ4n) is 4.35. The molecule has 1 aliphatic carbocycles. The first-order chi connectivity index (χ1) is 8.76. The number of hydrogen-bond acceptors (Lipinski definition) is 2. The molecule has 0 spiro atoms. The van der Waals surface area contributed by atoms with Crippen molar-refractivity contribution in [1.82, 2.24) is 9.80 Å². The van der Waals surface area contributed by atoms with Crippen molar-refractivity contribution in [2.75, 3.05) is 33.2 Å². The SMILES string of the molecule is CC#CC1CCC(N2CC3CN(C)CC3C2)CC1. The minimum Gasteiger partial charge on any atom is -0.306 e. The van der Waals surface area contributed by atoms with Crippen LogP contribution in [-0.4, -0.2) is 49.1 Å². The zero-order valence-electron chi connectivity index (χ0n) is 11.9. The van der Waals surface area contributed by atoms with Gasteiger partial charge in [0.2, 0.25) is 0 Å². The van der Waals surface area contributed by atoms with E-state index in [2.05, 4.69) is 28.7 Å². The Bertz CT molecular complexity index is 332. The average molecular weight is 246 g/mol. The molecule has 0 aromatic rings. The zero-order valence-corrected chi connectivity index (χ0v) is 11.9. The molecule has 2 nitrogen and oxygen atoms in total. The van der Waals surface area contributed by atoms with Gasteiger partial charge in [-0.3, -0.25) is 4.90 Å². The van der Waals surface area contributed by atoms with Crippen molar-refractivity contribution in [1.29, 1.82) is 0 Å². The highest BCUT2D eigenvalue weighted by atomic mass is 15.2. The van der Waals surface area contributed by atoms with Gasteiger partial charge in [-0.05, 0) is 51.5 Å². The molecular formula is C16H26N2. The van der Waals surface area contributed by atoms with Crippen LogP contribution < -0.4 is 0 Å². The van der Waals surface area contributed by atoms with Crippen LogP contribution in [0.3, 0.4) is 0 Å². The first kappa shape index (κ1) is 12.5. The number of likely N-dealkylation sites (tertiary alicyclic amines) is 2. The molecule has 0 aromatic carbocycles. The predicted molar refractivity (Wildman–Crippen MR) is 75.2 cm³/mol. The molecule has 18 heavy (non-hydrogen) atoms. The van der Waals surface area contributed by atoms with Gasteiger partial charge in [-0.1, -0.05) is 0 Å². The van der Waals surface area contributed by atoms with Gasteiger partial charge in [0.05, 0.1) is 0 Å². The Morgan fingerprint density at radius 2 is 1.50 bits per heavy atom. The summed E-state index contributed by atoms with van der Waals surface area (Å²) in [6.45, 7) is 7.37. The van der Waals surface area contributed by atoms with Crippen molar-refractivity contribution < 1.29 is 0 Å². The Labute approximate surface area is 112 Å². The van der Waals surface area contributed by atoms with Crippen LogP contribution in [0.2, 0.25) is 0 Å². The molecule has 0 radical (unpaired) electrons. The van der Waals surface area contributed by atoms with E-state index in [0.29, 0.717) is 5.92 Å². The molecule has 0 bridgehead atoms. The second-order valence-electron chi connectivity index (χ2n) is 6.60. The molecule has 2 heteroatoms. The largest absolute Gasteiger partial charge is 0.306 e. The summed E-state index contributed by atoms with van der Waals surface area (Å²) in [5.74, 6) is 9.07. The Morgan fingerprint density at radius 3 is 2.06 bits per heavy atom. The Morgan fingerprint density at radius 1 is 0.889 bits per heavy atom. The van der Waals surface area contributed by atoms with Gasteiger partial charge in [-0.2, -0.15) is 0 Å². The van der Waals surface area contributed by atoms with Gasteiger partial charge < -0.3 is 4.90 Å². The smallest absolute Gasteiger partial charge is 0.0203 e. The standard InChI is InChI=1S/C16H26N2/c1-3-4-13-5-7-16(8-6-13)18-11-14-9-17(2)10-15(14)12-18/h13-16H,5-12H2,1-2H3. The van der Waals surface area contributed by atoms with Gasteiger partial charge in [-0.15, -0.1) is 11.8 Å². The van der Waals surface area contributed by atoms with E-state index < -0.39 is 0 Å². The summed E-state index contributed by atoms with van der Waals surface area (Å²) in [5.41, 5.74) is 0. The first-order valence-electron chi connectivity index (χ1n) is 7.61. The van der Waals surface area contributed by atoms with Crippen LogP contribution in [0.25, 0.3) is 0 Å². The van der Waals surface area contributed by atoms with Crippen molar-refractivity contribution in [3.8, 4) is 11.8 Å². The predicted octanol–water partition coefficient (Wildman–Crippen LogP) is 2.06. The monoisotopic (exact) mass is 246 g/mol. The lowest BCUT2D eigenvalue weighted by Crippen LogP contribution is -2.38. The maximum absolute atomic E-state index is 3.37. The minimum absolute atomic E-state index is 0.694. The third-order valence-electron chi connectivity index (χ3n) is 5.26. The number of hydrogen-bond donors (Lipinski definition) is 0. The van der Waals surface area contributed by atoms with Crippen molar-refractivity contribution in [3.05, 3.63) is 0 Å². The van der Waals surface area contributed by atoms with Crippen LogP contribution in [0.5, 0.6) is 0 Å². The van der Waals surface area contributed by atoms with E-state index in [0.717, 1.165) is 17.9 Å². The molecule has 2 heterocycles. The number of nitrogens with zero attached hydrogens (tertiary/aromatic N) is 2. The molecule has 0 aromatic heterocycles. The first-order valence-corrected chi connectivity index (χ1v) is 7.61. The van der Waals surface area contributed by atoms with Gasteiger partial charge in [-0.25, -0.2) is 0 Å². The quantitative estimate of drug-likeness (QED) is 0.654. The fourth-order valence-corrected chi connectivity index (χ4v) is 4.35. The summed E-state index contributed by atoms with van der Waals surface area (Å²) in [7, 11) is 2.28. The van der Waals surface area contributed by atoms with Crippen molar-refractivity contribution in [2.24, 2.45) is 17.8 Å². The van der Waals surface area contributed by atoms with E-state index in [1.807, 2.05) is 6.92 Å². The molecule has 0 amide bonds. The average Bonchev–Trinajstić information content (AvgIpc) is 2.87. The van der Waals surface area contributed by atoms with Crippen LogP contribution in [0.4, 0.5) is 0 Å². The molecule has 2 unspecified atom stereocenters. The van der Waals surface area contributed by atoms with Crippen LogP contribution in [0.15, 0.2) is 0 Å². The van der Waals surface area contributed by atoms with Gasteiger partial charge in [0.1, 0.15) is 0 Å². The van der Waals surface area contributed by atoms with Crippen molar-refractivity contribution >= 4 is 0 Å². The summed E-state index contributed by atoms with van der Waals surface area (Å²) in [5, 5.41) is 0. The molecule has 100 valence electrons. The summed E-state index contributed by atoms with van der Waals surface area (Å²) in [6, 6.07) is 0.871. The Hall–Kier alpha value is -0.520. The highest BCUT2D eigenvalue weighted by molar-refractivity contribution is 5.03. The molecule has 1 saturated carbocycles. The molecule has 2 saturated heterocycles. The van der Waals surface area contributed by atoms with Crippen molar-refractivity contribution in [3.63, 3.8) is 0 Å². The zero-order chi connectivity index (χ0) is 12.5. The van der Waals surface area contributed by atoms with Crippen LogP contribution in [0.1, 0.15) is 32.6 Å². The lowest BCUT2D eigenvalue weighted by Gasteiger charge is -2.34. The lowest BCUT2D eigenvalue weighted by molar-refractivity contribution is 0.160. The molecule has 3 fully saturated rings. The van der Waals surface area contributed by atoms with Gasteiger partial charge in [0, 0.05) is 38.1 Å². The summed E-state index contributed by atoms with van der Waals surface area (Å²) >= 11 is 0. The maximum atomic E-state index is 3.37. The van der Waals surface area contributed by atoms with Gasteiger partial charge in [0.15, 0.2) is 0 Å². The summed E-state index contributed by atoms with van der Waals surface area (Å²) in [4.78, 5) is 5.32. The van der Waals surface area contributed by atoms with E-state index in [1.165, 1.54) is 51.9 Å². The van der Waals surface area contributed by atoms with E-state index in [4.69, 9.17) is 0 Å². The number of fused-ring (bicyclic) bond motifs is 1. The van der Waals surface area contributed by atoms with Gasteiger partial charge >= 0.3 is 0 Å². The van der Waals surface area contributed by atoms with Crippen LogP contribution in [-0.2, 0) is 0 Å². The molecule has 0 N–H and O–H groups in total. The lowest BCUT2D eigenvalue weighted by atomic mass is 9.86. The third-order valence-corrected chi connectivity index (χ3v) is 5.26. The Balaban J connectivity index is 1.51. The molecule has 2 atom stereocenters. The van der Waals surface area contributed by atoms with E-state index >= 15 is 0 Å². The minimum atomic E-state index is 0.694. The molecule has 3 aliphatic rings. The summed E-state index contributed by atoms with van der Waals surface area (Å²) < 4.78 is 0. The number of rotatable bonds is 1. The third kappa shape index (κ3) is 2.44. The molecule has 2 aliphatic heterocycles.